The Labute approximate surface area is 151 Å². The Kier molecular flexibility index (Phi) is 4.82. The fraction of sp³-hybridized carbons (Fsp3) is 0.667. The molecule has 1 aliphatic carbocycles. The lowest BCUT2D eigenvalue weighted by Crippen LogP contribution is -2.64. The Bertz CT molecular complexity index is 609. The van der Waals surface area contributed by atoms with Gasteiger partial charge in [0, 0.05) is 37.1 Å². The van der Waals surface area contributed by atoms with Gasteiger partial charge in [0.15, 0.2) is 0 Å². The number of likely N-dealkylation sites (tertiary alicyclic amines) is 2. The van der Waals surface area contributed by atoms with E-state index in [9.17, 15) is 5.26 Å². The summed E-state index contributed by atoms with van der Waals surface area (Å²) in [7, 11) is 2.19. The summed E-state index contributed by atoms with van der Waals surface area (Å²) in [6.45, 7) is 5.72. The van der Waals surface area contributed by atoms with Crippen LogP contribution in [0.4, 0.5) is 0 Å². The zero-order valence-corrected chi connectivity index (χ0v) is 15.3. The van der Waals surface area contributed by atoms with Crippen molar-refractivity contribution in [1.82, 2.24) is 15.1 Å². The highest BCUT2D eigenvalue weighted by Crippen LogP contribution is 2.41. The van der Waals surface area contributed by atoms with Gasteiger partial charge in [0.1, 0.15) is 0 Å². The minimum absolute atomic E-state index is 0.157. The van der Waals surface area contributed by atoms with Crippen LogP contribution < -0.4 is 5.32 Å². The van der Waals surface area contributed by atoms with E-state index in [0.717, 1.165) is 44.3 Å². The minimum Gasteiger partial charge on any atom is -0.313 e. The molecule has 4 heteroatoms. The molecule has 3 aliphatic rings. The fourth-order valence-corrected chi connectivity index (χ4v) is 4.68. The maximum absolute atomic E-state index is 9.30. The smallest absolute Gasteiger partial charge is 0.0641 e. The molecule has 2 atom stereocenters. The van der Waals surface area contributed by atoms with Crippen molar-refractivity contribution in [3.63, 3.8) is 0 Å². The first kappa shape index (κ1) is 17.0. The molecular weight excluding hydrogens is 308 g/mol. The topological polar surface area (TPSA) is 42.3 Å². The first-order valence-electron chi connectivity index (χ1n) is 9.79. The van der Waals surface area contributed by atoms with Crippen LogP contribution in [-0.2, 0) is 0 Å². The van der Waals surface area contributed by atoms with Gasteiger partial charge in [-0.25, -0.2) is 0 Å². The molecule has 0 amide bonds. The predicted octanol–water partition coefficient (Wildman–Crippen LogP) is 2.44. The number of hydrogen-bond donors (Lipinski definition) is 1. The Morgan fingerprint density at radius 3 is 2.60 bits per heavy atom. The molecule has 0 spiro atoms. The van der Waals surface area contributed by atoms with E-state index < -0.39 is 0 Å². The summed E-state index contributed by atoms with van der Waals surface area (Å²) >= 11 is 0. The third-order valence-electron chi connectivity index (χ3n) is 6.64. The molecular formula is C21H30N4. The number of nitrogens with one attached hydrogen (secondary N) is 1. The molecule has 0 unspecified atom stereocenters. The van der Waals surface area contributed by atoms with Crippen LogP contribution in [0.15, 0.2) is 30.3 Å². The van der Waals surface area contributed by atoms with E-state index in [1.807, 2.05) is 0 Å². The lowest BCUT2D eigenvalue weighted by atomic mass is 9.79. The third-order valence-corrected chi connectivity index (χ3v) is 6.64. The van der Waals surface area contributed by atoms with Crippen LogP contribution in [-0.4, -0.2) is 61.2 Å². The standard InChI is InChI=1S/C21H30N4/c1-24-11-8-21(7-10-22,9-12-24)25-15-17(16-25)14-23-20-13-19(20)18-5-3-2-4-6-18/h2-6,17,19-20,23H,7-9,11-16H2,1H3/t19-,20+/m0/s1. The van der Waals surface area contributed by atoms with Gasteiger partial charge in [-0.3, -0.25) is 4.90 Å². The molecule has 1 aromatic carbocycles. The van der Waals surface area contributed by atoms with Crippen LogP contribution in [0, 0.1) is 17.2 Å². The van der Waals surface area contributed by atoms with Crippen LogP contribution in [0.1, 0.15) is 37.2 Å². The molecule has 2 saturated heterocycles. The van der Waals surface area contributed by atoms with Crippen molar-refractivity contribution in [2.45, 2.75) is 43.2 Å². The summed E-state index contributed by atoms with van der Waals surface area (Å²) in [4.78, 5) is 5.00. The normalized spacial score (nSPS) is 29.8. The lowest BCUT2D eigenvalue weighted by molar-refractivity contribution is -0.0453. The van der Waals surface area contributed by atoms with Gasteiger partial charge in [0.25, 0.3) is 0 Å². The summed E-state index contributed by atoms with van der Waals surface area (Å²) in [5.41, 5.74) is 1.64. The number of benzene rings is 1. The summed E-state index contributed by atoms with van der Waals surface area (Å²) in [6, 6.07) is 14.0. The Hall–Kier alpha value is -1.41. The van der Waals surface area contributed by atoms with Crippen LogP contribution in [0.5, 0.6) is 0 Å². The SMILES string of the molecule is CN1CCC(CC#N)(N2CC(CN[C@@H]3C[C@H]3c3ccccc3)C2)CC1. The Morgan fingerprint density at radius 1 is 1.20 bits per heavy atom. The van der Waals surface area contributed by atoms with Crippen molar-refractivity contribution in [1.29, 1.82) is 5.26 Å². The molecule has 1 saturated carbocycles. The number of nitrogens with zero attached hydrogens (tertiary/aromatic N) is 3. The summed E-state index contributed by atoms with van der Waals surface area (Å²) in [5, 5.41) is 13.1. The molecule has 0 radical (unpaired) electrons. The van der Waals surface area contributed by atoms with E-state index in [1.165, 1.54) is 25.1 Å². The monoisotopic (exact) mass is 338 g/mol. The average Bonchev–Trinajstić information content (AvgIpc) is 3.37. The van der Waals surface area contributed by atoms with E-state index >= 15 is 0 Å². The second-order valence-electron chi connectivity index (χ2n) is 8.40. The summed E-state index contributed by atoms with van der Waals surface area (Å²) in [6.07, 6.45) is 4.27. The number of rotatable bonds is 6. The van der Waals surface area contributed by atoms with Crippen molar-refractivity contribution in [3.8, 4) is 6.07 Å². The predicted molar refractivity (Wildman–Crippen MR) is 100 cm³/mol. The number of piperidine rings is 1. The fourth-order valence-electron chi connectivity index (χ4n) is 4.68. The lowest BCUT2D eigenvalue weighted by Gasteiger charge is -2.54. The molecule has 0 bridgehead atoms. The number of nitriles is 1. The highest BCUT2D eigenvalue weighted by molar-refractivity contribution is 5.27. The van der Waals surface area contributed by atoms with E-state index in [0.29, 0.717) is 12.5 Å². The van der Waals surface area contributed by atoms with Gasteiger partial charge in [0.05, 0.1) is 12.5 Å². The molecule has 0 aromatic heterocycles. The molecule has 25 heavy (non-hydrogen) atoms. The largest absolute Gasteiger partial charge is 0.313 e. The van der Waals surface area contributed by atoms with E-state index in [1.54, 1.807) is 0 Å². The molecule has 2 heterocycles. The van der Waals surface area contributed by atoms with Gasteiger partial charge >= 0.3 is 0 Å². The quantitative estimate of drug-likeness (QED) is 0.865. The minimum atomic E-state index is 0.157. The van der Waals surface area contributed by atoms with Crippen molar-refractivity contribution >= 4 is 0 Å². The van der Waals surface area contributed by atoms with Gasteiger partial charge < -0.3 is 10.2 Å². The van der Waals surface area contributed by atoms with Crippen molar-refractivity contribution < 1.29 is 0 Å². The molecule has 3 fully saturated rings. The van der Waals surface area contributed by atoms with Gasteiger partial charge in [-0.1, -0.05) is 30.3 Å². The molecule has 1 N–H and O–H groups in total. The molecule has 4 nitrogen and oxygen atoms in total. The van der Waals surface area contributed by atoms with Crippen LogP contribution >= 0.6 is 0 Å². The van der Waals surface area contributed by atoms with Gasteiger partial charge in [-0.05, 0) is 50.9 Å². The molecule has 4 rings (SSSR count). The first-order chi connectivity index (χ1) is 12.2. The average molecular weight is 338 g/mol. The second kappa shape index (κ2) is 7.07. The van der Waals surface area contributed by atoms with Gasteiger partial charge in [0.2, 0.25) is 0 Å². The van der Waals surface area contributed by atoms with Crippen LogP contribution in [0.25, 0.3) is 0 Å². The Morgan fingerprint density at radius 2 is 1.92 bits per heavy atom. The van der Waals surface area contributed by atoms with Gasteiger partial charge in [-0.2, -0.15) is 5.26 Å². The van der Waals surface area contributed by atoms with Crippen molar-refractivity contribution in [2.24, 2.45) is 5.92 Å². The maximum Gasteiger partial charge on any atom is 0.0641 e. The van der Waals surface area contributed by atoms with Crippen LogP contribution in [0.3, 0.4) is 0 Å². The maximum atomic E-state index is 9.30. The highest BCUT2D eigenvalue weighted by Gasteiger charge is 2.45. The van der Waals surface area contributed by atoms with E-state index in [2.05, 4.69) is 58.6 Å². The molecule has 2 aliphatic heterocycles. The van der Waals surface area contributed by atoms with E-state index in [4.69, 9.17) is 0 Å². The second-order valence-corrected chi connectivity index (χ2v) is 8.40. The zero-order chi connectivity index (χ0) is 17.3. The highest BCUT2D eigenvalue weighted by atomic mass is 15.3. The van der Waals surface area contributed by atoms with E-state index in [-0.39, 0.29) is 5.54 Å². The number of hydrogen-bond acceptors (Lipinski definition) is 4. The summed E-state index contributed by atoms with van der Waals surface area (Å²) in [5.74, 6) is 1.48. The zero-order valence-electron chi connectivity index (χ0n) is 15.3. The van der Waals surface area contributed by atoms with Crippen LogP contribution in [0.2, 0.25) is 0 Å². The molecule has 134 valence electrons. The Balaban J connectivity index is 1.22. The third kappa shape index (κ3) is 3.60. The van der Waals surface area contributed by atoms with Crippen molar-refractivity contribution in [3.05, 3.63) is 35.9 Å². The summed E-state index contributed by atoms with van der Waals surface area (Å²) < 4.78 is 0. The molecule has 1 aromatic rings. The van der Waals surface area contributed by atoms with Gasteiger partial charge in [-0.15, -0.1) is 0 Å². The van der Waals surface area contributed by atoms with Crippen molar-refractivity contribution in [2.75, 3.05) is 39.8 Å². The first-order valence-corrected chi connectivity index (χ1v) is 9.79.